The van der Waals surface area contributed by atoms with Crippen molar-refractivity contribution < 1.29 is 17.6 Å². The van der Waals surface area contributed by atoms with Gasteiger partial charge in [-0.15, -0.1) is 0 Å². The molecule has 0 aliphatic heterocycles. The minimum Gasteiger partial charge on any atom is -0.206 e. The Morgan fingerprint density at radius 1 is 0.667 bits per heavy atom. The van der Waals surface area contributed by atoms with Gasteiger partial charge in [-0.1, -0.05) is 63.5 Å². The molecule has 33 heavy (non-hydrogen) atoms. The van der Waals surface area contributed by atoms with Crippen LogP contribution in [-0.2, 0) is 0 Å². The second-order valence-electron chi connectivity index (χ2n) is 10.2. The molecule has 0 spiro atoms. The van der Waals surface area contributed by atoms with Crippen LogP contribution in [-0.4, -0.2) is 0 Å². The zero-order valence-corrected chi connectivity index (χ0v) is 20.0. The second-order valence-corrected chi connectivity index (χ2v) is 10.6. The van der Waals surface area contributed by atoms with E-state index >= 15 is 0 Å². The quantitative estimate of drug-likeness (QED) is 0.285. The van der Waals surface area contributed by atoms with E-state index in [4.69, 9.17) is 11.6 Å². The third-order valence-corrected chi connectivity index (χ3v) is 8.54. The van der Waals surface area contributed by atoms with E-state index in [0.29, 0.717) is 11.5 Å². The van der Waals surface area contributed by atoms with Crippen molar-refractivity contribution >= 4 is 11.6 Å². The van der Waals surface area contributed by atoms with Crippen molar-refractivity contribution in [1.29, 1.82) is 0 Å². The van der Waals surface area contributed by atoms with Crippen LogP contribution in [0.2, 0.25) is 5.02 Å². The van der Waals surface area contributed by atoms with E-state index in [1.807, 2.05) is 0 Å². The van der Waals surface area contributed by atoms with E-state index in [1.54, 1.807) is 0 Å². The first-order valence-electron chi connectivity index (χ1n) is 12.5. The summed E-state index contributed by atoms with van der Waals surface area (Å²) in [5, 5.41) is -0.679. The highest BCUT2D eigenvalue weighted by molar-refractivity contribution is 6.31. The van der Waals surface area contributed by atoms with Crippen LogP contribution in [0.15, 0.2) is 24.3 Å². The van der Waals surface area contributed by atoms with Crippen molar-refractivity contribution in [2.24, 2.45) is 17.8 Å². The second kappa shape index (κ2) is 10.8. The molecular formula is C28H33ClF4. The van der Waals surface area contributed by atoms with Gasteiger partial charge < -0.3 is 0 Å². The van der Waals surface area contributed by atoms with Gasteiger partial charge in [0.15, 0.2) is 0 Å². The lowest BCUT2D eigenvalue weighted by Crippen LogP contribution is -2.17. The zero-order valence-electron chi connectivity index (χ0n) is 19.3. The summed E-state index contributed by atoms with van der Waals surface area (Å²) in [6.45, 7) is 2.30. The van der Waals surface area contributed by atoms with Gasteiger partial charge in [0.1, 0.15) is 28.3 Å². The first-order chi connectivity index (χ1) is 15.9. The molecule has 0 saturated heterocycles. The number of halogens is 5. The van der Waals surface area contributed by atoms with Gasteiger partial charge >= 0.3 is 0 Å². The Kier molecular flexibility index (Phi) is 8.04. The summed E-state index contributed by atoms with van der Waals surface area (Å²) in [5.74, 6) is -1.02. The molecule has 0 radical (unpaired) electrons. The predicted octanol–water partition coefficient (Wildman–Crippen LogP) is 9.83. The van der Waals surface area contributed by atoms with Gasteiger partial charge in [-0.05, 0) is 84.7 Å². The smallest absolute Gasteiger partial charge is 0.145 e. The lowest BCUT2D eigenvalue weighted by molar-refractivity contribution is 0.227. The highest BCUT2D eigenvalue weighted by atomic mass is 35.5. The fourth-order valence-corrected chi connectivity index (χ4v) is 6.10. The van der Waals surface area contributed by atoms with E-state index in [9.17, 15) is 17.6 Å². The Labute approximate surface area is 199 Å². The maximum atomic E-state index is 14.9. The number of hydrogen-bond acceptors (Lipinski definition) is 0. The Bertz CT molecular complexity index is 910. The molecule has 2 aromatic carbocycles. The Morgan fingerprint density at radius 2 is 1.12 bits per heavy atom. The van der Waals surface area contributed by atoms with Gasteiger partial charge in [0.05, 0.1) is 5.56 Å². The van der Waals surface area contributed by atoms with Crippen molar-refractivity contribution in [3.8, 4) is 11.1 Å². The van der Waals surface area contributed by atoms with Gasteiger partial charge in [-0.25, -0.2) is 17.6 Å². The van der Waals surface area contributed by atoms with Crippen LogP contribution in [0.25, 0.3) is 11.1 Å². The molecule has 2 aliphatic rings. The largest absolute Gasteiger partial charge is 0.206 e. The van der Waals surface area contributed by atoms with Gasteiger partial charge in [0, 0.05) is 0 Å². The molecule has 180 valence electrons. The van der Waals surface area contributed by atoms with E-state index < -0.39 is 33.9 Å². The monoisotopic (exact) mass is 480 g/mol. The van der Waals surface area contributed by atoms with Gasteiger partial charge in [-0.2, -0.15) is 0 Å². The van der Waals surface area contributed by atoms with Crippen molar-refractivity contribution in [2.45, 2.75) is 83.5 Å². The van der Waals surface area contributed by atoms with Crippen LogP contribution in [0, 0.1) is 41.0 Å². The fourth-order valence-electron chi connectivity index (χ4n) is 5.99. The number of hydrogen-bond donors (Lipinski definition) is 0. The van der Waals surface area contributed by atoms with Crippen LogP contribution >= 0.6 is 11.6 Å². The summed E-state index contributed by atoms with van der Waals surface area (Å²) in [6.07, 6.45) is 13.5. The van der Waals surface area contributed by atoms with E-state index in [0.717, 1.165) is 49.7 Å². The summed E-state index contributed by atoms with van der Waals surface area (Å²) < 4.78 is 57.3. The first kappa shape index (κ1) is 24.6. The normalized spacial score (nSPS) is 25.9. The Hall–Kier alpha value is -1.55. The average Bonchev–Trinajstić information content (AvgIpc) is 2.81. The maximum absolute atomic E-state index is 14.9. The van der Waals surface area contributed by atoms with Crippen molar-refractivity contribution in [3.63, 3.8) is 0 Å². The van der Waals surface area contributed by atoms with Crippen LogP contribution in [0.4, 0.5) is 17.6 Å². The molecule has 4 rings (SSSR count). The van der Waals surface area contributed by atoms with Gasteiger partial charge in [0.2, 0.25) is 0 Å². The van der Waals surface area contributed by atoms with E-state index in [1.165, 1.54) is 57.1 Å². The minimum atomic E-state index is -1.04. The number of rotatable bonds is 6. The summed E-state index contributed by atoms with van der Waals surface area (Å²) in [4.78, 5) is 0. The van der Waals surface area contributed by atoms with Crippen LogP contribution < -0.4 is 0 Å². The maximum Gasteiger partial charge on any atom is 0.145 e. The lowest BCUT2D eigenvalue weighted by atomic mass is 9.74. The molecule has 5 heteroatoms. The molecule has 2 aliphatic carbocycles. The van der Waals surface area contributed by atoms with Crippen LogP contribution in [0.3, 0.4) is 0 Å². The standard InChI is InChI=1S/C28H33ClF4/c1-2-17-3-5-18(6-4-17)7-8-19-9-11-20(12-10-19)21-13-23(30)27(24(31)14-21)22-15-25(32)28(29)26(33)16-22/h13-20H,2-12H2,1H3/t17-,18-,19?,20?. The number of benzene rings is 2. The minimum absolute atomic E-state index is 0.123. The fraction of sp³-hybridized carbons (Fsp3) is 0.571. The summed E-state index contributed by atoms with van der Waals surface area (Å²) in [6, 6.07) is 4.40. The Morgan fingerprint density at radius 3 is 1.61 bits per heavy atom. The Balaban J connectivity index is 1.35. The molecule has 0 amide bonds. The van der Waals surface area contributed by atoms with E-state index in [2.05, 4.69) is 6.92 Å². The summed E-state index contributed by atoms with van der Waals surface area (Å²) in [5.41, 5.74) is 0.0346. The van der Waals surface area contributed by atoms with Crippen molar-refractivity contribution in [3.05, 3.63) is 58.1 Å². The third kappa shape index (κ3) is 5.75. The molecule has 0 atom stereocenters. The average molecular weight is 481 g/mol. The molecular weight excluding hydrogens is 448 g/mol. The summed E-state index contributed by atoms with van der Waals surface area (Å²) >= 11 is 5.50. The third-order valence-electron chi connectivity index (χ3n) is 8.18. The van der Waals surface area contributed by atoms with Crippen LogP contribution in [0.1, 0.15) is 89.0 Å². The lowest BCUT2D eigenvalue weighted by Gasteiger charge is -2.32. The zero-order chi connectivity index (χ0) is 23.5. The highest BCUT2D eigenvalue weighted by Crippen LogP contribution is 2.41. The molecule has 0 N–H and O–H groups in total. The molecule has 2 saturated carbocycles. The van der Waals surface area contributed by atoms with Gasteiger partial charge in [0.25, 0.3) is 0 Å². The highest BCUT2D eigenvalue weighted by Gasteiger charge is 2.27. The predicted molar refractivity (Wildman–Crippen MR) is 126 cm³/mol. The van der Waals surface area contributed by atoms with Crippen molar-refractivity contribution in [1.82, 2.24) is 0 Å². The molecule has 0 nitrogen and oxygen atoms in total. The molecule has 0 heterocycles. The topological polar surface area (TPSA) is 0 Å². The molecule has 2 fully saturated rings. The summed E-state index contributed by atoms with van der Waals surface area (Å²) in [7, 11) is 0. The van der Waals surface area contributed by atoms with E-state index in [-0.39, 0.29) is 11.5 Å². The first-order valence-corrected chi connectivity index (χ1v) is 12.9. The SMILES string of the molecule is CC[C@H]1CC[C@H](CCC2CCC(c3cc(F)c(-c4cc(F)c(Cl)c(F)c4)c(F)c3)CC2)CC1. The van der Waals surface area contributed by atoms with Crippen LogP contribution in [0.5, 0.6) is 0 Å². The molecule has 0 aromatic heterocycles. The molecule has 2 aromatic rings. The molecule has 0 bridgehead atoms. The molecule has 0 unspecified atom stereocenters. The van der Waals surface area contributed by atoms with Crippen molar-refractivity contribution in [2.75, 3.05) is 0 Å². The van der Waals surface area contributed by atoms with Gasteiger partial charge in [-0.3, -0.25) is 0 Å².